The van der Waals surface area contributed by atoms with Gasteiger partial charge in [-0.1, -0.05) is 17.3 Å². The Labute approximate surface area is 157 Å². The van der Waals surface area contributed by atoms with Crippen molar-refractivity contribution in [3.63, 3.8) is 0 Å². The minimum atomic E-state index is -0.267. The van der Waals surface area contributed by atoms with Gasteiger partial charge in [-0.05, 0) is 19.1 Å². The number of amides is 1. The second kappa shape index (κ2) is 7.86. The highest BCUT2D eigenvalue weighted by molar-refractivity contribution is 5.94. The molecule has 3 aromatic rings. The quantitative estimate of drug-likeness (QED) is 0.715. The maximum Gasteiger partial charge on any atom is 0.255 e. The van der Waals surface area contributed by atoms with E-state index in [2.05, 4.69) is 20.4 Å². The summed E-state index contributed by atoms with van der Waals surface area (Å²) < 4.78 is 10.5. The Hall–Kier alpha value is -3.42. The number of nitrogens with zero attached hydrogens (tertiary/aromatic N) is 4. The van der Waals surface area contributed by atoms with E-state index in [-0.39, 0.29) is 12.5 Å². The van der Waals surface area contributed by atoms with Crippen LogP contribution in [0.5, 0.6) is 5.75 Å². The second-order valence-corrected chi connectivity index (χ2v) is 6.16. The molecule has 1 amide bonds. The van der Waals surface area contributed by atoms with Crippen molar-refractivity contribution in [1.29, 1.82) is 0 Å². The number of hydrogen-bond acceptors (Lipinski definition) is 7. The summed E-state index contributed by atoms with van der Waals surface area (Å²) in [5, 5.41) is 6.85. The third-order valence-electron chi connectivity index (χ3n) is 3.96. The molecular formula is C19H21N5O3. The molecule has 3 rings (SSSR count). The summed E-state index contributed by atoms with van der Waals surface area (Å²) in [6.45, 7) is 1.99. The van der Waals surface area contributed by atoms with E-state index < -0.39 is 0 Å². The standard InChI is InChI=1S/C19H21N5O3/c1-12-16(11-21-19(22-12)24(2)3)18(25)20-10-15-9-17(23-27-15)13-6-5-7-14(8-13)26-4/h5-9,11H,10H2,1-4H3,(H,20,25). The number of aryl methyl sites for hydroxylation is 1. The van der Waals surface area contributed by atoms with Crippen LogP contribution in [0.15, 0.2) is 41.1 Å². The minimum absolute atomic E-state index is 0.213. The van der Waals surface area contributed by atoms with Crippen molar-refractivity contribution in [1.82, 2.24) is 20.4 Å². The van der Waals surface area contributed by atoms with Gasteiger partial charge in [0.05, 0.1) is 24.9 Å². The van der Waals surface area contributed by atoms with E-state index in [1.807, 2.05) is 38.4 Å². The Kier molecular flexibility index (Phi) is 5.35. The molecule has 8 heteroatoms. The number of carbonyl (C=O) groups excluding carboxylic acids is 1. The number of methoxy groups -OCH3 is 1. The van der Waals surface area contributed by atoms with Gasteiger partial charge in [-0.15, -0.1) is 0 Å². The van der Waals surface area contributed by atoms with Crippen LogP contribution in [0.25, 0.3) is 11.3 Å². The van der Waals surface area contributed by atoms with Crippen LogP contribution >= 0.6 is 0 Å². The molecule has 0 spiro atoms. The zero-order valence-corrected chi connectivity index (χ0v) is 15.7. The molecule has 0 saturated heterocycles. The summed E-state index contributed by atoms with van der Waals surface area (Å²) in [6, 6.07) is 9.30. The Morgan fingerprint density at radius 1 is 1.30 bits per heavy atom. The molecule has 2 aromatic heterocycles. The first-order chi connectivity index (χ1) is 13.0. The van der Waals surface area contributed by atoms with E-state index in [0.717, 1.165) is 11.3 Å². The Bertz CT molecular complexity index is 952. The maximum absolute atomic E-state index is 12.4. The first kappa shape index (κ1) is 18.4. The van der Waals surface area contributed by atoms with Crippen LogP contribution in [0.2, 0.25) is 0 Å². The molecule has 0 aliphatic carbocycles. The highest BCUT2D eigenvalue weighted by atomic mass is 16.5. The van der Waals surface area contributed by atoms with E-state index in [1.165, 1.54) is 6.20 Å². The summed E-state index contributed by atoms with van der Waals surface area (Å²) in [6.07, 6.45) is 1.52. The fourth-order valence-electron chi connectivity index (χ4n) is 2.47. The molecule has 0 aliphatic rings. The second-order valence-electron chi connectivity index (χ2n) is 6.16. The number of hydrogen-bond donors (Lipinski definition) is 1. The van der Waals surface area contributed by atoms with Crippen LogP contribution in [-0.4, -0.2) is 42.2 Å². The molecule has 8 nitrogen and oxygen atoms in total. The first-order valence-electron chi connectivity index (χ1n) is 8.37. The number of carbonyl (C=O) groups is 1. The summed E-state index contributed by atoms with van der Waals surface area (Å²) in [4.78, 5) is 22.7. The molecule has 1 N–H and O–H groups in total. The van der Waals surface area contributed by atoms with Crippen LogP contribution in [0.3, 0.4) is 0 Å². The molecule has 0 bridgehead atoms. The molecule has 27 heavy (non-hydrogen) atoms. The fraction of sp³-hybridized carbons (Fsp3) is 0.263. The van der Waals surface area contributed by atoms with E-state index in [0.29, 0.717) is 28.7 Å². The Morgan fingerprint density at radius 2 is 2.11 bits per heavy atom. The SMILES string of the molecule is COc1cccc(-c2cc(CNC(=O)c3cnc(N(C)C)nc3C)on2)c1. The van der Waals surface area contributed by atoms with Gasteiger partial charge in [-0.3, -0.25) is 4.79 Å². The van der Waals surface area contributed by atoms with Gasteiger partial charge < -0.3 is 19.5 Å². The van der Waals surface area contributed by atoms with E-state index in [9.17, 15) is 4.79 Å². The number of nitrogens with one attached hydrogen (secondary N) is 1. The predicted octanol–water partition coefficient (Wildman–Crippen LogP) is 2.44. The van der Waals surface area contributed by atoms with Gasteiger partial charge in [0.2, 0.25) is 5.95 Å². The molecular weight excluding hydrogens is 346 g/mol. The summed E-state index contributed by atoms with van der Waals surface area (Å²) in [7, 11) is 5.30. The van der Waals surface area contributed by atoms with Crippen molar-refractivity contribution >= 4 is 11.9 Å². The van der Waals surface area contributed by atoms with Crippen LogP contribution in [0.4, 0.5) is 5.95 Å². The van der Waals surface area contributed by atoms with Gasteiger partial charge >= 0.3 is 0 Å². The number of ether oxygens (including phenoxy) is 1. The number of aromatic nitrogens is 3. The molecule has 2 heterocycles. The van der Waals surface area contributed by atoms with E-state index >= 15 is 0 Å². The van der Waals surface area contributed by atoms with Gasteiger partial charge in [-0.2, -0.15) is 0 Å². The number of benzene rings is 1. The van der Waals surface area contributed by atoms with Crippen molar-refractivity contribution in [2.45, 2.75) is 13.5 Å². The van der Waals surface area contributed by atoms with E-state index in [4.69, 9.17) is 9.26 Å². The van der Waals surface area contributed by atoms with Crippen molar-refractivity contribution in [2.75, 3.05) is 26.1 Å². The lowest BCUT2D eigenvalue weighted by Gasteiger charge is -2.12. The molecule has 0 fully saturated rings. The lowest BCUT2D eigenvalue weighted by Crippen LogP contribution is -2.24. The van der Waals surface area contributed by atoms with Crippen LogP contribution < -0.4 is 15.0 Å². The first-order valence-corrected chi connectivity index (χ1v) is 8.37. The van der Waals surface area contributed by atoms with Gasteiger partial charge in [-0.25, -0.2) is 9.97 Å². The van der Waals surface area contributed by atoms with Crippen molar-refractivity contribution in [2.24, 2.45) is 0 Å². The average molecular weight is 367 g/mol. The smallest absolute Gasteiger partial charge is 0.255 e. The Balaban J connectivity index is 1.67. The van der Waals surface area contributed by atoms with Crippen LogP contribution in [0, 0.1) is 6.92 Å². The van der Waals surface area contributed by atoms with Gasteiger partial charge in [0.25, 0.3) is 5.91 Å². The lowest BCUT2D eigenvalue weighted by atomic mass is 10.1. The van der Waals surface area contributed by atoms with Crippen molar-refractivity contribution < 1.29 is 14.1 Å². The summed E-state index contributed by atoms with van der Waals surface area (Å²) in [5.74, 6) is 1.58. The van der Waals surface area contributed by atoms with Crippen LogP contribution in [-0.2, 0) is 6.54 Å². The monoisotopic (exact) mass is 367 g/mol. The Morgan fingerprint density at radius 3 is 2.81 bits per heavy atom. The molecule has 1 aromatic carbocycles. The largest absolute Gasteiger partial charge is 0.497 e. The zero-order valence-electron chi connectivity index (χ0n) is 15.7. The number of anilines is 1. The molecule has 0 radical (unpaired) electrons. The molecule has 140 valence electrons. The zero-order chi connectivity index (χ0) is 19.4. The number of rotatable bonds is 6. The average Bonchev–Trinajstić information content (AvgIpc) is 3.15. The third kappa shape index (κ3) is 4.22. The predicted molar refractivity (Wildman–Crippen MR) is 101 cm³/mol. The molecule has 0 aliphatic heterocycles. The lowest BCUT2D eigenvalue weighted by molar-refractivity contribution is 0.0945. The minimum Gasteiger partial charge on any atom is -0.497 e. The summed E-state index contributed by atoms with van der Waals surface area (Å²) >= 11 is 0. The summed E-state index contributed by atoms with van der Waals surface area (Å²) in [5.41, 5.74) is 2.58. The van der Waals surface area contributed by atoms with Crippen molar-refractivity contribution in [3.05, 3.63) is 53.5 Å². The molecule has 0 atom stereocenters. The van der Waals surface area contributed by atoms with Crippen molar-refractivity contribution in [3.8, 4) is 17.0 Å². The van der Waals surface area contributed by atoms with Gasteiger partial charge in [0.15, 0.2) is 5.76 Å². The maximum atomic E-state index is 12.4. The topological polar surface area (TPSA) is 93.4 Å². The van der Waals surface area contributed by atoms with Crippen LogP contribution in [0.1, 0.15) is 21.8 Å². The van der Waals surface area contributed by atoms with Gasteiger partial charge in [0.1, 0.15) is 11.4 Å². The third-order valence-corrected chi connectivity index (χ3v) is 3.96. The van der Waals surface area contributed by atoms with Gasteiger partial charge in [0, 0.05) is 31.9 Å². The highest BCUT2D eigenvalue weighted by Gasteiger charge is 2.14. The molecule has 0 unspecified atom stereocenters. The van der Waals surface area contributed by atoms with E-state index in [1.54, 1.807) is 25.0 Å². The fourth-order valence-corrected chi connectivity index (χ4v) is 2.47. The normalized spacial score (nSPS) is 10.5. The molecule has 0 saturated carbocycles. The highest BCUT2D eigenvalue weighted by Crippen LogP contribution is 2.23.